The molecule has 0 bridgehead atoms. The first kappa shape index (κ1) is 9.61. The Morgan fingerprint density at radius 2 is 2.50 bits per heavy atom. The van der Waals surface area contributed by atoms with Crippen molar-refractivity contribution in [2.75, 3.05) is 20.1 Å². The Kier molecular flexibility index (Phi) is 2.79. The number of aliphatic hydroxyl groups is 1. The van der Waals surface area contributed by atoms with Crippen LogP contribution in [0, 0.1) is 5.92 Å². The van der Waals surface area contributed by atoms with Crippen LogP contribution in [0.5, 0.6) is 0 Å². The summed E-state index contributed by atoms with van der Waals surface area (Å²) < 4.78 is 4.83. The van der Waals surface area contributed by atoms with Gasteiger partial charge in [0.2, 0.25) is 0 Å². The van der Waals surface area contributed by atoms with Gasteiger partial charge in [-0.3, -0.25) is 0 Å². The summed E-state index contributed by atoms with van der Waals surface area (Å²) in [7, 11) is 2.12. The van der Waals surface area contributed by atoms with Crippen molar-refractivity contribution in [2.45, 2.75) is 19.4 Å². The maximum Gasteiger partial charge on any atom is 0.252 e. The molecule has 1 unspecified atom stereocenters. The molecule has 2 rings (SSSR count). The molecule has 78 valence electrons. The van der Waals surface area contributed by atoms with E-state index in [1.807, 2.05) is 0 Å². The normalized spacial score (nSPS) is 23.1. The Hall–Kier alpha value is -0.940. The van der Waals surface area contributed by atoms with Crippen LogP contribution in [0.15, 0.2) is 4.52 Å². The van der Waals surface area contributed by atoms with Crippen molar-refractivity contribution in [1.82, 2.24) is 15.0 Å². The highest BCUT2D eigenvalue weighted by molar-refractivity contribution is 4.89. The molecular formula is C9H15N3O2. The summed E-state index contributed by atoms with van der Waals surface area (Å²) in [6.07, 6.45) is 2.05. The van der Waals surface area contributed by atoms with Crippen LogP contribution in [-0.2, 0) is 13.0 Å². The van der Waals surface area contributed by atoms with Crippen LogP contribution in [0.2, 0.25) is 0 Å². The summed E-state index contributed by atoms with van der Waals surface area (Å²) in [5.74, 6) is 1.66. The van der Waals surface area contributed by atoms with Gasteiger partial charge in [-0.2, -0.15) is 4.98 Å². The van der Waals surface area contributed by atoms with E-state index in [9.17, 15) is 0 Å². The Labute approximate surface area is 82.7 Å². The maximum atomic E-state index is 8.75. The zero-order valence-corrected chi connectivity index (χ0v) is 8.31. The fourth-order valence-corrected chi connectivity index (χ4v) is 1.89. The van der Waals surface area contributed by atoms with Crippen molar-refractivity contribution in [3.63, 3.8) is 0 Å². The van der Waals surface area contributed by atoms with Gasteiger partial charge in [0.05, 0.1) is 0 Å². The SMILES string of the molecule is CN1CCC(Cc2noc(CO)n2)C1. The molecule has 1 saturated heterocycles. The number of aromatic nitrogens is 2. The van der Waals surface area contributed by atoms with E-state index in [0.717, 1.165) is 19.5 Å². The summed E-state index contributed by atoms with van der Waals surface area (Å²) in [5, 5.41) is 12.6. The average molecular weight is 197 g/mol. The van der Waals surface area contributed by atoms with Crippen LogP contribution in [0.4, 0.5) is 0 Å². The van der Waals surface area contributed by atoms with Crippen LogP contribution < -0.4 is 0 Å². The third kappa shape index (κ3) is 2.10. The molecular weight excluding hydrogens is 182 g/mol. The van der Waals surface area contributed by atoms with E-state index < -0.39 is 0 Å². The highest BCUT2D eigenvalue weighted by Crippen LogP contribution is 2.17. The number of likely N-dealkylation sites (tertiary alicyclic amines) is 1. The van der Waals surface area contributed by atoms with E-state index >= 15 is 0 Å². The lowest BCUT2D eigenvalue weighted by Gasteiger charge is -2.06. The van der Waals surface area contributed by atoms with Crippen LogP contribution in [0.1, 0.15) is 18.1 Å². The Morgan fingerprint density at radius 3 is 3.07 bits per heavy atom. The molecule has 5 nitrogen and oxygen atoms in total. The first-order chi connectivity index (χ1) is 6.78. The summed E-state index contributed by atoms with van der Waals surface area (Å²) in [6, 6.07) is 0. The molecule has 0 aromatic carbocycles. The molecule has 1 fully saturated rings. The molecule has 5 heteroatoms. The second kappa shape index (κ2) is 4.06. The van der Waals surface area contributed by atoms with E-state index in [1.165, 1.54) is 6.42 Å². The lowest BCUT2D eigenvalue weighted by molar-refractivity contribution is 0.222. The number of hydrogen-bond donors (Lipinski definition) is 1. The van der Waals surface area contributed by atoms with Gasteiger partial charge in [-0.05, 0) is 25.9 Å². The second-order valence-electron chi connectivity index (χ2n) is 3.88. The van der Waals surface area contributed by atoms with Gasteiger partial charge < -0.3 is 14.5 Å². The third-order valence-corrected chi connectivity index (χ3v) is 2.61. The van der Waals surface area contributed by atoms with Gasteiger partial charge >= 0.3 is 0 Å². The van der Waals surface area contributed by atoms with E-state index in [-0.39, 0.29) is 6.61 Å². The molecule has 1 N–H and O–H groups in total. The quantitative estimate of drug-likeness (QED) is 0.742. The Bertz CT molecular complexity index is 300. The van der Waals surface area contributed by atoms with Crippen molar-refractivity contribution < 1.29 is 9.63 Å². The van der Waals surface area contributed by atoms with Gasteiger partial charge in [-0.15, -0.1) is 0 Å². The van der Waals surface area contributed by atoms with Gasteiger partial charge in [0, 0.05) is 13.0 Å². The summed E-state index contributed by atoms with van der Waals surface area (Å²) >= 11 is 0. The monoisotopic (exact) mass is 197 g/mol. The molecule has 1 aliphatic heterocycles. The number of aliphatic hydroxyl groups excluding tert-OH is 1. The predicted molar refractivity (Wildman–Crippen MR) is 49.5 cm³/mol. The summed E-state index contributed by atoms with van der Waals surface area (Å²) in [4.78, 5) is 6.37. The minimum absolute atomic E-state index is 0.169. The molecule has 0 aliphatic carbocycles. The first-order valence-corrected chi connectivity index (χ1v) is 4.89. The maximum absolute atomic E-state index is 8.75. The zero-order chi connectivity index (χ0) is 9.97. The first-order valence-electron chi connectivity index (χ1n) is 4.89. The molecule has 0 spiro atoms. The van der Waals surface area contributed by atoms with Crippen molar-refractivity contribution in [3.05, 3.63) is 11.7 Å². The number of rotatable bonds is 3. The van der Waals surface area contributed by atoms with Crippen LogP contribution in [0.3, 0.4) is 0 Å². The third-order valence-electron chi connectivity index (χ3n) is 2.61. The van der Waals surface area contributed by atoms with Gasteiger partial charge in [0.15, 0.2) is 5.82 Å². The molecule has 1 aromatic heterocycles. The van der Waals surface area contributed by atoms with Gasteiger partial charge in [0.25, 0.3) is 5.89 Å². The van der Waals surface area contributed by atoms with Crippen LogP contribution >= 0.6 is 0 Å². The van der Waals surface area contributed by atoms with E-state index in [4.69, 9.17) is 9.63 Å². The molecule has 0 radical (unpaired) electrons. The molecule has 0 amide bonds. The van der Waals surface area contributed by atoms with E-state index in [0.29, 0.717) is 17.6 Å². The van der Waals surface area contributed by atoms with Crippen molar-refractivity contribution in [3.8, 4) is 0 Å². The lowest BCUT2D eigenvalue weighted by Crippen LogP contribution is -2.15. The molecule has 14 heavy (non-hydrogen) atoms. The van der Waals surface area contributed by atoms with Crippen molar-refractivity contribution >= 4 is 0 Å². The Balaban J connectivity index is 1.90. The molecule has 0 saturated carbocycles. The van der Waals surface area contributed by atoms with Gasteiger partial charge in [-0.1, -0.05) is 5.16 Å². The lowest BCUT2D eigenvalue weighted by atomic mass is 10.1. The fraction of sp³-hybridized carbons (Fsp3) is 0.778. The average Bonchev–Trinajstić information content (AvgIpc) is 2.76. The number of nitrogens with zero attached hydrogens (tertiary/aromatic N) is 3. The minimum atomic E-state index is -0.169. The number of hydrogen-bond acceptors (Lipinski definition) is 5. The minimum Gasteiger partial charge on any atom is -0.387 e. The van der Waals surface area contributed by atoms with Crippen molar-refractivity contribution in [2.24, 2.45) is 5.92 Å². The largest absolute Gasteiger partial charge is 0.387 e. The van der Waals surface area contributed by atoms with Crippen molar-refractivity contribution in [1.29, 1.82) is 0 Å². The molecule has 1 atom stereocenters. The van der Waals surface area contributed by atoms with Gasteiger partial charge in [-0.25, -0.2) is 0 Å². The Morgan fingerprint density at radius 1 is 1.64 bits per heavy atom. The standard InChI is InChI=1S/C9H15N3O2/c1-12-3-2-7(5-12)4-8-10-9(6-13)14-11-8/h7,13H,2-6H2,1H3. The van der Waals surface area contributed by atoms with E-state index in [2.05, 4.69) is 22.1 Å². The van der Waals surface area contributed by atoms with E-state index in [1.54, 1.807) is 0 Å². The van der Waals surface area contributed by atoms with Gasteiger partial charge in [0.1, 0.15) is 6.61 Å². The van der Waals surface area contributed by atoms with Crippen LogP contribution in [-0.4, -0.2) is 40.3 Å². The summed E-state index contributed by atoms with van der Waals surface area (Å²) in [6.45, 7) is 2.08. The molecule has 1 aromatic rings. The highest BCUT2D eigenvalue weighted by atomic mass is 16.5. The second-order valence-corrected chi connectivity index (χ2v) is 3.88. The smallest absolute Gasteiger partial charge is 0.252 e. The summed E-state index contributed by atoms with van der Waals surface area (Å²) in [5.41, 5.74) is 0. The fourth-order valence-electron chi connectivity index (χ4n) is 1.89. The molecule has 2 heterocycles. The zero-order valence-electron chi connectivity index (χ0n) is 8.31. The topological polar surface area (TPSA) is 62.4 Å². The predicted octanol–water partition coefficient (Wildman–Crippen LogP) is 0.0561. The van der Waals surface area contributed by atoms with Crippen LogP contribution in [0.25, 0.3) is 0 Å². The molecule has 1 aliphatic rings. The highest BCUT2D eigenvalue weighted by Gasteiger charge is 2.21.